The number of nitrogens with two attached hydrogens (primary N) is 1. The summed E-state index contributed by atoms with van der Waals surface area (Å²) in [6.07, 6.45) is 2.94. The summed E-state index contributed by atoms with van der Waals surface area (Å²) in [7, 11) is 2.01. The number of aryl methyl sites for hydroxylation is 1. The van der Waals surface area contributed by atoms with Crippen molar-refractivity contribution in [2.75, 3.05) is 13.2 Å². The largest absolute Gasteiger partial charge is 0.493 e. The molecule has 0 fully saturated rings. The van der Waals surface area contributed by atoms with Crippen molar-refractivity contribution < 1.29 is 4.74 Å². The van der Waals surface area contributed by atoms with Crippen LogP contribution in [-0.2, 0) is 19.9 Å². The van der Waals surface area contributed by atoms with Crippen molar-refractivity contribution in [1.29, 1.82) is 0 Å². The summed E-state index contributed by atoms with van der Waals surface area (Å²) in [4.78, 5) is 4.71. The zero-order valence-electron chi connectivity index (χ0n) is 11.5. The van der Waals surface area contributed by atoms with Gasteiger partial charge in [-0.2, -0.15) is 0 Å². The number of ether oxygens (including phenoxy) is 1. The lowest BCUT2D eigenvalue weighted by Crippen LogP contribution is -2.08. The summed E-state index contributed by atoms with van der Waals surface area (Å²) in [5.74, 6) is 2.01. The van der Waals surface area contributed by atoms with Crippen LogP contribution in [0.2, 0.25) is 0 Å². The Hall–Kier alpha value is -1.33. The molecule has 20 heavy (non-hydrogen) atoms. The molecule has 0 saturated heterocycles. The molecule has 1 aromatic heterocycles. The van der Waals surface area contributed by atoms with Crippen molar-refractivity contribution in [3.05, 3.63) is 34.2 Å². The van der Waals surface area contributed by atoms with Crippen LogP contribution in [0.3, 0.4) is 0 Å². The van der Waals surface area contributed by atoms with E-state index in [0.29, 0.717) is 6.54 Å². The standard InChI is InChI=1S/C15H18BrN3O/c1-19-13(6-7-17)18-14(15(19)16)11-4-5-12-10(9-11)3-2-8-20-12/h4-5,9H,2-3,6-8,17H2,1H3. The van der Waals surface area contributed by atoms with E-state index in [1.54, 1.807) is 0 Å². The van der Waals surface area contributed by atoms with Gasteiger partial charge in [-0.15, -0.1) is 0 Å². The molecule has 0 saturated carbocycles. The topological polar surface area (TPSA) is 53.1 Å². The van der Waals surface area contributed by atoms with E-state index in [0.717, 1.165) is 53.3 Å². The molecule has 0 unspecified atom stereocenters. The molecule has 4 nitrogen and oxygen atoms in total. The van der Waals surface area contributed by atoms with E-state index >= 15 is 0 Å². The molecule has 0 amide bonds. The maximum Gasteiger partial charge on any atom is 0.122 e. The lowest BCUT2D eigenvalue weighted by atomic mass is 10.0. The summed E-state index contributed by atoms with van der Waals surface area (Å²) in [5, 5.41) is 0. The number of hydrogen-bond donors (Lipinski definition) is 1. The van der Waals surface area contributed by atoms with Crippen LogP contribution in [0.25, 0.3) is 11.3 Å². The van der Waals surface area contributed by atoms with Gasteiger partial charge < -0.3 is 15.0 Å². The summed E-state index contributed by atoms with van der Waals surface area (Å²) in [6, 6.07) is 6.31. The lowest BCUT2D eigenvalue weighted by Gasteiger charge is -2.17. The van der Waals surface area contributed by atoms with Gasteiger partial charge in [-0.05, 0) is 59.1 Å². The average molecular weight is 336 g/mol. The number of imidazole rings is 1. The van der Waals surface area contributed by atoms with Gasteiger partial charge >= 0.3 is 0 Å². The van der Waals surface area contributed by atoms with Crippen molar-refractivity contribution >= 4 is 15.9 Å². The van der Waals surface area contributed by atoms with Crippen LogP contribution in [0.4, 0.5) is 0 Å². The van der Waals surface area contributed by atoms with Crippen molar-refractivity contribution in [3.8, 4) is 17.0 Å². The van der Waals surface area contributed by atoms with Gasteiger partial charge in [-0.3, -0.25) is 0 Å². The first kappa shape index (κ1) is 13.6. The Morgan fingerprint density at radius 3 is 3.10 bits per heavy atom. The van der Waals surface area contributed by atoms with Gasteiger partial charge in [0.1, 0.15) is 21.9 Å². The number of halogens is 1. The fourth-order valence-corrected chi connectivity index (χ4v) is 3.09. The minimum absolute atomic E-state index is 0.606. The third-order valence-corrected chi connectivity index (χ3v) is 4.58. The summed E-state index contributed by atoms with van der Waals surface area (Å²) >= 11 is 3.63. The zero-order valence-corrected chi connectivity index (χ0v) is 13.1. The second-order valence-corrected chi connectivity index (χ2v) is 5.79. The van der Waals surface area contributed by atoms with Crippen molar-refractivity contribution in [1.82, 2.24) is 9.55 Å². The maximum absolute atomic E-state index is 5.66. The van der Waals surface area contributed by atoms with Gasteiger partial charge in [0.05, 0.1) is 6.61 Å². The van der Waals surface area contributed by atoms with E-state index in [4.69, 9.17) is 15.5 Å². The first-order chi connectivity index (χ1) is 9.70. The smallest absolute Gasteiger partial charge is 0.122 e. The highest BCUT2D eigenvalue weighted by Crippen LogP contribution is 2.33. The van der Waals surface area contributed by atoms with Gasteiger partial charge in [0.2, 0.25) is 0 Å². The molecule has 106 valence electrons. The number of benzene rings is 1. The minimum Gasteiger partial charge on any atom is -0.493 e. The van der Waals surface area contributed by atoms with Crippen molar-refractivity contribution in [2.24, 2.45) is 12.8 Å². The van der Waals surface area contributed by atoms with E-state index in [1.165, 1.54) is 5.56 Å². The molecule has 0 spiro atoms. The van der Waals surface area contributed by atoms with Gasteiger partial charge in [0.25, 0.3) is 0 Å². The molecule has 1 aliphatic rings. The highest BCUT2D eigenvalue weighted by molar-refractivity contribution is 9.10. The maximum atomic E-state index is 5.66. The van der Waals surface area contributed by atoms with Crippen LogP contribution in [0.1, 0.15) is 17.8 Å². The summed E-state index contributed by atoms with van der Waals surface area (Å²) in [5.41, 5.74) is 9.00. The van der Waals surface area contributed by atoms with Gasteiger partial charge in [-0.1, -0.05) is 0 Å². The van der Waals surface area contributed by atoms with Gasteiger partial charge in [-0.25, -0.2) is 4.98 Å². The van der Waals surface area contributed by atoms with Crippen LogP contribution < -0.4 is 10.5 Å². The number of aromatic nitrogens is 2. The Bertz CT molecular complexity index is 636. The number of fused-ring (bicyclic) bond motifs is 1. The van der Waals surface area contributed by atoms with Crippen LogP contribution in [0.15, 0.2) is 22.8 Å². The average Bonchev–Trinajstić information content (AvgIpc) is 2.76. The highest BCUT2D eigenvalue weighted by Gasteiger charge is 2.16. The first-order valence-corrected chi connectivity index (χ1v) is 7.67. The molecule has 5 heteroatoms. The second-order valence-electron chi connectivity index (χ2n) is 5.04. The van der Waals surface area contributed by atoms with E-state index < -0.39 is 0 Å². The Labute approximate surface area is 127 Å². The summed E-state index contributed by atoms with van der Waals surface area (Å²) < 4.78 is 8.71. The SMILES string of the molecule is Cn1c(CCN)nc(-c2ccc3c(c2)CCCO3)c1Br. The molecule has 3 rings (SSSR count). The first-order valence-electron chi connectivity index (χ1n) is 6.88. The molecular weight excluding hydrogens is 318 g/mol. The minimum atomic E-state index is 0.606. The van der Waals surface area contributed by atoms with Gasteiger partial charge in [0, 0.05) is 19.0 Å². The van der Waals surface area contributed by atoms with Gasteiger partial charge in [0.15, 0.2) is 0 Å². The normalized spacial score (nSPS) is 13.9. The van der Waals surface area contributed by atoms with E-state index in [-0.39, 0.29) is 0 Å². The fourth-order valence-electron chi connectivity index (χ4n) is 2.57. The third kappa shape index (κ3) is 2.36. The quantitative estimate of drug-likeness (QED) is 0.938. The van der Waals surface area contributed by atoms with Crippen molar-refractivity contribution in [3.63, 3.8) is 0 Å². The summed E-state index contributed by atoms with van der Waals surface area (Å²) in [6.45, 7) is 1.43. The Balaban J connectivity index is 2.02. The molecule has 0 atom stereocenters. The second kappa shape index (κ2) is 5.58. The van der Waals surface area contributed by atoms with E-state index in [1.807, 2.05) is 13.1 Å². The molecule has 2 N–H and O–H groups in total. The highest BCUT2D eigenvalue weighted by atomic mass is 79.9. The molecule has 2 heterocycles. The van der Waals surface area contributed by atoms with Crippen LogP contribution >= 0.6 is 15.9 Å². The molecule has 1 aliphatic heterocycles. The number of rotatable bonds is 3. The van der Waals surface area contributed by atoms with E-state index in [2.05, 4.69) is 32.6 Å². The third-order valence-electron chi connectivity index (χ3n) is 3.67. The molecule has 0 radical (unpaired) electrons. The molecule has 0 aliphatic carbocycles. The molecule has 2 aromatic rings. The van der Waals surface area contributed by atoms with Crippen LogP contribution in [0, 0.1) is 0 Å². The predicted molar refractivity (Wildman–Crippen MR) is 82.9 cm³/mol. The zero-order chi connectivity index (χ0) is 14.1. The monoisotopic (exact) mass is 335 g/mol. The lowest BCUT2D eigenvalue weighted by molar-refractivity contribution is 0.288. The molecular formula is C15H18BrN3O. The number of nitrogens with zero attached hydrogens (tertiary/aromatic N) is 2. The van der Waals surface area contributed by atoms with Crippen molar-refractivity contribution in [2.45, 2.75) is 19.3 Å². The molecule has 1 aromatic carbocycles. The Morgan fingerprint density at radius 2 is 2.30 bits per heavy atom. The van der Waals surface area contributed by atoms with E-state index in [9.17, 15) is 0 Å². The Morgan fingerprint density at radius 1 is 1.45 bits per heavy atom. The Kier molecular flexibility index (Phi) is 3.81. The predicted octanol–water partition coefficient (Wildman–Crippen LogP) is 2.68. The number of hydrogen-bond acceptors (Lipinski definition) is 3. The molecule has 0 bridgehead atoms. The van der Waals surface area contributed by atoms with Crippen LogP contribution in [-0.4, -0.2) is 22.7 Å². The van der Waals surface area contributed by atoms with Crippen LogP contribution in [0.5, 0.6) is 5.75 Å². The fraction of sp³-hybridized carbons (Fsp3) is 0.400.